The number of nitrogens with one attached hydrogen (secondary N) is 2. The third-order valence-electron chi connectivity index (χ3n) is 6.00. The van der Waals surface area contributed by atoms with Gasteiger partial charge >= 0.3 is 0 Å². The Hall–Kier alpha value is -3.80. The van der Waals surface area contributed by atoms with Crippen molar-refractivity contribution in [2.24, 2.45) is 11.5 Å². The maximum Gasteiger partial charge on any atom is 0.122 e. The van der Waals surface area contributed by atoms with E-state index in [1.54, 1.807) is 0 Å². The molecule has 0 radical (unpaired) electrons. The van der Waals surface area contributed by atoms with Crippen LogP contribution in [0.1, 0.15) is 48.6 Å². The van der Waals surface area contributed by atoms with Gasteiger partial charge in [-0.25, -0.2) is 0 Å². The van der Waals surface area contributed by atoms with E-state index in [1.807, 2.05) is 48.5 Å². The van der Waals surface area contributed by atoms with Crippen LogP contribution in [0.5, 0.6) is 0 Å². The number of anilines is 2. The molecule has 0 saturated heterocycles. The number of nitrogen functional groups attached to an aromatic ring is 2. The third-order valence-corrected chi connectivity index (χ3v) is 6.00. The molecular formula is C28H36N6. The SMILES string of the molecule is CN(Cc1cc(CN(C)c2ccc(C(=N)N)cc2)cc(C(C)(C)C)c1)c1ccc(C(=N)N)cc1. The molecule has 0 saturated carbocycles. The van der Waals surface area contributed by atoms with Crippen molar-refractivity contribution in [2.45, 2.75) is 39.3 Å². The van der Waals surface area contributed by atoms with Gasteiger partial charge in [0.1, 0.15) is 11.7 Å². The molecule has 0 unspecified atom stereocenters. The van der Waals surface area contributed by atoms with Crippen LogP contribution in [0.4, 0.5) is 11.4 Å². The van der Waals surface area contributed by atoms with Crippen molar-refractivity contribution in [2.75, 3.05) is 23.9 Å². The molecule has 0 fully saturated rings. The van der Waals surface area contributed by atoms with Crippen LogP contribution in [0.25, 0.3) is 0 Å². The first kappa shape index (κ1) is 24.8. The standard InChI is InChI=1S/C28H36N6/c1-28(2,3)23-15-19(17-33(4)24-10-6-21(7-11-24)26(29)30)14-20(16-23)18-34(5)25-12-8-22(9-13-25)27(31)32/h6-16H,17-18H2,1-5H3,(H3,29,30)(H3,31,32). The quantitative estimate of drug-likeness (QED) is 0.288. The highest BCUT2D eigenvalue weighted by Crippen LogP contribution is 2.27. The topological polar surface area (TPSA) is 106 Å². The Labute approximate surface area is 203 Å². The predicted molar refractivity (Wildman–Crippen MR) is 144 cm³/mol. The van der Waals surface area contributed by atoms with E-state index in [0.29, 0.717) is 0 Å². The summed E-state index contributed by atoms with van der Waals surface area (Å²) in [6.07, 6.45) is 0. The zero-order chi connectivity index (χ0) is 25.0. The highest BCUT2D eigenvalue weighted by atomic mass is 15.1. The second-order valence-electron chi connectivity index (χ2n) is 9.92. The Morgan fingerprint density at radius 3 is 1.32 bits per heavy atom. The molecule has 3 aromatic carbocycles. The lowest BCUT2D eigenvalue weighted by molar-refractivity contribution is 0.588. The largest absolute Gasteiger partial charge is 0.384 e. The lowest BCUT2D eigenvalue weighted by Gasteiger charge is -2.26. The smallest absolute Gasteiger partial charge is 0.122 e. The summed E-state index contributed by atoms with van der Waals surface area (Å²) in [5.41, 5.74) is 18.6. The monoisotopic (exact) mass is 456 g/mol. The van der Waals surface area contributed by atoms with Crippen molar-refractivity contribution in [3.05, 3.63) is 94.5 Å². The van der Waals surface area contributed by atoms with Crippen LogP contribution < -0.4 is 21.3 Å². The van der Waals surface area contributed by atoms with Crippen molar-refractivity contribution in [1.82, 2.24) is 0 Å². The molecule has 178 valence electrons. The minimum absolute atomic E-state index is 0.0359. The van der Waals surface area contributed by atoms with Crippen LogP contribution in [0.3, 0.4) is 0 Å². The summed E-state index contributed by atoms with van der Waals surface area (Å²) in [5, 5.41) is 15.2. The molecule has 0 aliphatic rings. The minimum atomic E-state index is 0.0359. The Morgan fingerprint density at radius 1 is 0.676 bits per heavy atom. The average molecular weight is 457 g/mol. The number of amidine groups is 2. The molecule has 0 bridgehead atoms. The summed E-state index contributed by atoms with van der Waals surface area (Å²) in [6, 6.07) is 22.4. The van der Waals surface area contributed by atoms with Gasteiger partial charge in [0.15, 0.2) is 0 Å². The van der Waals surface area contributed by atoms with Gasteiger partial charge in [0, 0.05) is 49.7 Å². The van der Waals surface area contributed by atoms with Crippen molar-refractivity contribution in [1.29, 1.82) is 10.8 Å². The fraction of sp³-hybridized carbons (Fsp3) is 0.286. The molecule has 0 amide bonds. The van der Waals surface area contributed by atoms with Crippen molar-refractivity contribution in [3.63, 3.8) is 0 Å². The molecule has 6 nitrogen and oxygen atoms in total. The van der Waals surface area contributed by atoms with E-state index >= 15 is 0 Å². The molecule has 0 aliphatic heterocycles. The Bertz CT molecular complexity index is 1070. The molecule has 6 heteroatoms. The number of hydrogen-bond donors (Lipinski definition) is 4. The maximum atomic E-state index is 7.59. The molecule has 0 heterocycles. The van der Waals surface area contributed by atoms with E-state index in [0.717, 1.165) is 35.6 Å². The van der Waals surface area contributed by atoms with E-state index in [-0.39, 0.29) is 17.1 Å². The van der Waals surface area contributed by atoms with Crippen molar-refractivity contribution in [3.8, 4) is 0 Å². The second-order valence-corrected chi connectivity index (χ2v) is 9.92. The van der Waals surface area contributed by atoms with Crippen LogP contribution in [0.15, 0.2) is 66.7 Å². The second kappa shape index (κ2) is 10.00. The van der Waals surface area contributed by atoms with E-state index < -0.39 is 0 Å². The molecule has 0 atom stereocenters. The van der Waals surface area contributed by atoms with Crippen LogP contribution in [-0.2, 0) is 18.5 Å². The number of nitrogens with two attached hydrogens (primary N) is 2. The molecule has 0 spiro atoms. The van der Waals surface area contributed by atoms with Crippen molar-refractivity contribution < 1.29 is 0 Å². The van der Waals surface area contributed by atoms with Gasteiger partial charge in [-0.05, 0) is 70.6 Å². The van der Waals surface area contributed by atoms with Crippen molar-refractivity contribution >= 4 is 23.0 Å². The van der Waals surface area contributed by atoms with Crippen LogP contribution in [0.2, 0.25) is 0 Å². The highest BCUT2D eigenvalue weighted by molar-refractivity contribution is 5.95. The highest BCUT2D eigenvalue weighted by Gasteiger charge is 2.17. The maximum absolute atomic E-state index is 7.59. The zero-order valence-electron chi connectivity index (χ0n) is 20.8. The Balaban J connectivity index is 1.84. The first-order valence-electron chi connectivity index (χ1n) is 11.4. The lowest BCUT2D eigenvalue weighted by atomic mass is 9.85. The average Bonchev–Trinajstić information content (AvgIpc) is 2.78. The van der Waals surface area contributed by atoms with E-state index in [2.05, 4.69) is 62.9 Å². The van der Waals surface area contributed by atoms with Gasteiger partial charge < -0.3 is 21.3 Å². The van der Waals surface area contributed by atoms with Gasteiger partial charge in [0.05, 0.1) is 0 Å². The first-order chi connectivity index (χ1) is 15.9. The molecule has 34 heavy (non-hydrogen) atoms. The molecule has 3 rings (SSSR count). The zero-order valence-corrected chi connectivity index (χ0v) is 20.8. The summed E-state index contributed by atoms with van der Waals surface area (Å²) in [7, 11) is 4.16. The Kier molecular flexibility index (Phi) is 7.30. The van der Waals surface area contributed by atoms with Crippen LogP contribution >= 0.6 is 0 Å². The number of nitrogens with zero attached hydrogens (tertiary/aromatic N) is 2. The molecular weight excluding hydrogens is 420 g/mol. The van der Waals surface area contributed by atoms with Gasteiger partial charge in [0.2, 0.25) is 0 Å². The minimum Gasteiger partial charge on any atom is -0.384 e. The summed E-state index contributed by atoms with van der Waals surface area (Å²) in [4.78, 5) is 4.42. The van der Waals surface area contributed by atoms with Crippen LogP contribution in [-0.4, -0.2) is 25.8 Å². The van der Waals surface area contributed by atoms with E-state index in [9.17, 15) is 0 Å². The number of rotatable bonds is 8. The van der Waals surface area contributed by atoms with Gasteiger partial charge in [-0.2, -0.15) is 0 Å². The molecule has 6 N–H and O–H groups in total. The number of benzene rings is 3. The molecule has 0 aromatic heterocycles. The van der Waals surface area contributed by atoms with E-state index in [4.69, 9.17) is 22.3 Å². The summed E-state index contributed by atoms with van der Waals surface area (Å²) >= 11 is 0. The fourth-order valence-corrected chi connectivity index (χ4v) is 3.90. The summed E-state index contributed by atoms with van der Waals surface area (Å²) in [6.45, 7) is 8.26. The van der Waals surface area contributed by atoms with Gasteiger partial charge in [-0.1, -0.05) is 39.0 Å². The third kappa shape index (κ3) is 6.16. The molecule has 3 aromatic rings. The first-order valence-corrected chi connectivity index (χ1v) is 11.4. The van der Waals surface area contributed by atoms with Gasteiger partial charge in [-0.3, -0.25) is 10.8 Å². The Morgan fingerprint density at radius 2 is 1.03 bits per heavy atom. The normalized spacial score (nSPS) is 11.2. The lowest BCUT2D eigenvalue weighted by Crippen LogP contribution is -2.21. The number of hydrogen-bond acceptors (Lipinski definition) is 4. The van der Waals surface area contributed by atoms with E-state index in [1.165, 1.54) is 16.7 Å². The van der Waals surface area contributed by atoms with Gasteiger partial charge in [0.25, 0.3) is 0 Å². The molecule has 0 aliphatic carbocycles. The summed E-state index contributed by atoms with van der Waals surface area (Å²) < 4.78 is 0. The summed E-state index contributed by atoms with van der Waals surface area (Å²) in [5.74, 6) is 0.161. The van der Waals surface area contributed by atoms with Crippen LogP contribution in [0, 0.1) is 10.8 Å². The van der Waals surface area contributed by atoms with Gasteiger partial charge in [-0.15, -0.1) is 0 Å². The predicted octanol–water partition coefficient (Wildman–Crippen LogP) is 4.83. The fourth-order valence-electron chi connectivity index (χ4n) is 3.90.